The van der Waals surface area contributed by atoms with Gasteiger partial charge in [0.15, 0.2) is 27.2 Å². The van der Waals surface area contributed by atoms with Crippen LogP contribution in [0.3, 0.4) is 0 Å². The van der Waals surface area contributed by atoms with Gasteiger partial charge in [0.1, 0.15) is 23.0 Å². The molecule has 0 saturated heterocycles. The highest BCUT2D eigenvalue weighted by atomic mass is 79.9. The largest absolute Gasteiger partial charge is 0.467 e. The minimum Gasteiger partial charge on any atom is -0.467 e. The Kier molecular flexibility index (Phi) is 14.2. The monoisotopic (exact) mass is 952 g/mol. The SMILES string of the molecule is COCOc1ccc2ccccc2c1-c1c(OCOC)c(C=Cc2ccc(C=Cc3cc4ccccc4c(-c4c(OCOC)ccc5ccccc45)c3OCOC)c(Br)c2)cc2ccccc12. The number of hydrogen-bond acceptors (Lipinski definition) is 8. The van der Waals surface area contributed by atoms with Crippen LogP contribution in [0, 0.1) is 0 Å². The van der Waals surface area contributed by atoms with E-state index in [0.717, 1.165) is 92.1 Å². The van der Waals surface area contributed by atoms with Gasteiger partial charge in [-0.25, -0.2) is 0 Å². The Morgan fingerprint density at radius 2 is 0.746 bits per heavy atom. The molecule has 0 fully saturated rings. The van der Waals surface area contributed by atoms with Crippen LogP contribution in [0.5, 0.6) is 23.0 Å². The van der Waals surface area contributed by atoms with Gasteiger partial charge in [0.2, 0.25) is 0 Å². The van der Waals surface area contributed by atoms with Crippen LogP contribution >= 0.6 is 15.9 Å². The van der Waals surface area contributed by atoms with Crippen molar-refractivity contribution in [1.29, 1.82) is 0 Å². The normalized spacial score (nSPS) is 11.7. The number of fused-ring (bicyclic) bond motifs is 4. The lowest BCUT2D eigenvalue weighted by Gasteiger charge is -2.21. The molecule has 0 aliphatic rings. The Labute approximate surface area is 398 Å². The van der Waals surface area contributed by atoms with E-state index >= 15 is 0 Å². The first-order valence-corrected chi connectivity index (χ1v) is 22.6. The van der Waals surface area contributed by atoms with Crippen molar-refractivity contribution in [2.24, 2.45) is 0 Å². The van der Waals surface area contributed by atoms with Gasteiger partial charge in [0, 0.05) is 66.3 Å². The molecule has 0 amide bonds. The number of halogens is 1. The van der Waals surface area contributed by atoms with E-state index in [-0.39, 0.29) is 27.2 Å². The predicted molar refractivity (Wildman–Crippen MR) is 276 cm³/mol. The standard InChI is InChI=1S/C58H49BrO8/c1-60-34-64-51-29-27-39-13-5-9-17-46(39)53(51)55-48-19-11-7-15-42(48)32-44(57(55)66-36-62-3)24-22-38-21-23-41(50(59)31-38)25-26-45-33-43-16-8-12-20-49(43)56(58(45)67-37-63-4)54-47-18-10-6-14-40(47)28-30-52(54)65-35-61-2/h5-33H,34-37H2,1-4H3. The van der Waals surface area contributed by atoms with Crippen LogP contribution in [-0.2, 0) is 18.9 Å². The molecule has 67 heavy (non-hydrogen) atoms. The summed E-state index contributed by atoms with van der Waals surface area (Å²) in [5.74, 6) is 2.73. The van der Waals surface area contributed by atoms with Gasteiger partial charge in [-0.15, -0.1) is 0 Å². The second-order valence-corrected chi connectivity index (χ2v) is 16.6. The van der Waals surface area contributed by atoms with Crippen molar-refractivity contribution in [2.75, 3.05) is 55.6 Å². The zero-order valence-electron chi connectivity index (χ0n) is 37.7. The Morgan fingerprint density at radius 3 is 1.19 bits per heavy atom. The molecule has 0 saturated carbocycles. The highest BCUT2D eigenvalue weighted by Gasteiger charge is 2.24. The van der Waals surface area contributed by atoms with Gasteiger partial charge < -0.3 is 37.9 Å². The van der Waals surface area contributed by atoms with Crippen molar-refractivity contribution in [3.8, 4) is 45.3 Å². The molecule has 0 aromatic heterocycles. The number of ether oxygens (including phenoxy) is 8. The Balaban J connectivity index is 1.13. The fourth-order valence-corrected chi connectivity index (χ4v) is 9.17. The van der Waals surface area contributed by atoms with Crippen molar-refractivity contribution < 1.29 is 37.9 Å². The molecule has 0 bridgehead atoms. The molecule has 0 unspecified atom stereocenters. The quantitative estimate of drug-likeness (QED) is 0.0622. The first-order valence-electron chi connectivity index (χ1n) is 21.8. The van der Waals surface area contributed by atoms with Crippen molar-refractivity contribution >= 4 is 83.3 Å². The summed E-state index contributed by atoms with van der Waals surface area (Å²) in [6.07, 6.45) is 8.37. The van der Waals surface area contributed by atoms with Crippen molar-refractivity contribution in [3.63, 3.8) is 0 Å². The van der Waals surface area contributed by atoms with E-state index in [1.54, 1.807) is 28.4 Å². The highest BCUT2D eigenvalue weighted by Crippen LogP contribution is 2.49. The van der Waals surface area contributed by atoms with Gasteiger partial charge in [0.25, 0.3) is 0 Å². The van der Waals surface area contributed by atoms with Gasteiger partial charge >= 0.3 is 0 Å². The number of rotatable bonds is 18. The van der Waals surface area contributed by atoms with Gasteiger partial charge in [0.05, 0.1) is 0 Å². The molecule has 0 radical (unpaired) electrons. The molecule has 0 N–H and O–H groups in total. The maximum absolute atomic E-state index is 6.53. The summed E-state index contributed by atoms with van der Waals surface area (Å²) < 4.78 is 48.2. The van der Waals surface area contributed by atoms with Crippen molar-refractivity contribution in [2.45, 2.75) is 0 Å². The van der Waals surface area contributed by atoms with Crippen LogP contribution in [0.1, 0.15) is 22.3 Å². The fraction of sp³-hybridized carbons (Fsp3) is 0.138. The summed E-state index contributed by atoms with van der Waals surface area (Å²) >= 11 is 3.90. The fourth-order valence-electron chi connectivity index (χ4n) is 8.64. The summed E-state index contributed by atoms with van der Waals surface area (Å²) in [6, 6.07) is 52.0. The summed E-state index contributed by atoms with van der Waals surface area (Å²) in [4.78, 5) is 0. The molecule has 0 atom stereocenters. The maximum atomic E-state index is 6.53. The van der Waals surface area contributed by atoms with E-state index in [2.05, 4.69) is 131 Å². The first kappa shape index (κ1) is 45.2. The lowest BCUT2D eigenvalue weighted by molar-refractivity contribution is 0.0501. The van der Waals surface area contributed by atoms with Gasteiger partial charge in [-0.1, -0.05) is 162 Å². The maximum Gasteiger partial charge on any atom is 0.188 e. The molecule has 336 valence electrons. The molecule has 9 rings (SSSR count). The number of hydrogen-bond donors (Lipinski definition) is 0. The van der Waals surface area contributed by atoms with E-state index in [4.69, 9.17) is 37.9 Å². The summed E-state index contributed by atoms with van der Waals surface area (Å²) in [7, 11) is 6.49. The van der Waals surface area contributed by atoms with Crippen molar-refractivity contribution in [3.05, 3.63) is 178 Å². The zero-order chi connectivity index (χ0) is 46.1. The lowest BCUT2D eigenvalue weighted by atomic mass is 9.90. The summed E-state index contributed by atoms with van der Waals surface area (Å²) in [5, 5.41) is 8.37. The first-order chi connectivity index (χ1) is 33.0. The third-order valence-electron chi connectivity index (χ3n) is 11.6. The Morgan fingerprint density at radius 1 is 0.358 bits per heavy atom. The molecule has 8 nitrogen and oxygen atoms in total. The zero-order valence-corrected chi connectivity index (χ0v) is 39.3. The smallest absolute Gasteiger partial charge is 0.188 e. The van der Waals surface area contributed by atoms with Crippen LogP contribution in [0.15, 0.2) is 156 Å². The van der Waals surface area contributed by atoms with Crippen LogP contribution in [0.2, 0.25) is 0 Å². The molecule has 0 spiro atoms. The molecule has 0 aliphatic heterocycles. The van der Waals surface area contributed by atoms with Crippen LogP contribution in [0.25, 0.3) is 89.6 Å². The second kappa shape index (κ2) is 21.1. The van der Waals surface area contributed by atoms with Crippen LogP contribution in [-0.4, -0.2) is 55.6 Å². The summed E-state index contributed by atoms with van der Waals surface area (Å²) in [5.41, 5.74) is 7.37. The second-order valence-electron chi connectivity index (χ2n) is 15.8. The molecule has 0 aliphatic carbocycles. The summed E-state index contributed by atoms with van der Waals surface area (Å²) in [6.45, 7) is 0.302. The van der Waals surface area contributed by atoms with E-state index in [1.807, 2.05) is 60.7 Å². The predicted octanol–water partition coefficient (Wildman–Crippen LogP) is 14.7. The Bertz CT molecular complexity index is 3290. The molecular weight excluding hydrogens is 905 g/mol. The molecule has 0 heterocycles. The lowest BCUT2D eigenvalue weighted by Crippen LogP contribution is -2.05. The Hall–Kier alpha value is -6.98. The van der Waals surface area contributed by atoms with E-state index in [0.29, 0.717) is 23.0 Å². The van der Waals surface area contributed by atoms with Crippen LogP contribution in [0.4, 0.5) is 0 Å². The van der Waals surface area contributed by atoms with Gasteiger partial charge in [-0.05, 0) is 84.5 Å². The average molecular weight is 954 g/mol. The molecule has 9 aromatic rings. The highest BCUT2D eigenvalue weighted by molar-refractivity contribution is 9.10. The molecular formula is C58H49BrO8. The minimum absolute atomic E-state index is 0.0531. The third-order valence-corrected chi connectivity index (χ3v) is 12.3. The van der Waals surface area contributed by atoms with E-state index in [1.165, 1.54) is 0 Å². The average Bonchev–Trinajstić information content (AvgIpc) is 3.36. The van der Waals surface area contributed by atoms with Crippen LogP contribution < -0.4 is 18.9 Å². The van der Waals surface area contributed by atoms with Gasteiger partial charge in [-0.3, -0.25) is 0 Å². The number of methoxy groups -OCH3 is 4. The molecule has 9 aromatic carbocycles. The van der Waals surface area contributed by atoms with Crippen molar-refractivity contribution in [1.82, 2.24) is 0 Å². The van der Waals surface area contributed by atoms with Gasteiger partial charge in [-0.2, -0.15) is 0 Å². The number of benzene rings is 9. The van der Waals surface area contributed by atoms with E-state index < -0.39 is 0 Å². The minimum atomic E-state index is 0.0531. The van der Waals surface area contributed by atoms with E-state index in [9.17, 15) is 0 Å². The molecule has 9 heteroatoms. The topological polar surface area (TPSA) is 73.8 Å². The third kappa shape index (κ3) is 9.51.